The van der Waals surface area contributed by atoms with E-state index in [4.69, 9.17) is 0 Å². The van der Waals surface area contributed by atoms with Crippen molar-refractivity contribution < 1.29 is 4.79 Å². The summed E-state index contributed by atoms with van der Waals surface area (Å²) in [7, 11) is 0. The Labute approximate surface area is 154 Å². The second kappa shape index (κ2) is 8.09. The fourth-order valence-corrected chi connectivity index (χ4v) is 3.48. The van der Waals surface area contributed by atoms with Crippen LogP contribution in [0.3, 0.4) is 0 Å². The first-order valence-corrected chi connectivity index (χ1v) is 9.40. The van der Waals surface area contributed by atoms with Crippen molar-refractivity contribution in [2.75, 3.05) is 0 Å². The van der Waals surface area contributed by atoms with E-state index >= 15 is 0 Å². The number of nitrogens with one attached hydrogen (secondary N) is 3. The molecule has 3 N–H and O–H groups in total. The Balaban J connectivity index is 0.000000349. The summed E-state index contributed by atoms with van der Waals surface area (Å²) in [6, 6.07) is 9.97. The molecule has 3 heterocycles. The summed E-state index contributed by atoms with van der Waals surface area (Å²) in [5.74, 6) is 0.00565. The molecule has 0 fully saturated rings. The van der Waals surface area contributed by atoms with E-state index in [0.29, 0.717) is 6.54 Å². The van der Waals surface area contributed by atoms with Gasteiger partial charge in [0.25, 0.3) is 5.91 Å². The number of carbonyl (C=O) groups excluding carboxylic acids is 1. The van der Waals surface area contributed by atoms with Crippen molar-refractivity contribution in [3.8, 4) is 0 Å². The second-order valence-electron chi connectivity index (χ2n) is 6.64. The van der Waals surface area contributed by atoms with Gasteiger partial charge in [0.15, 0.2) is 0 Å². The predicted octanol–water partition coefficient (Wildman–Crippen LogP) is 5.52. The monoisotopic (exact) mass is 349 g/mol. The van der Waals surface area contributed by atoms with Crippen LogP contribution in [0.25, 0.3) is 21.8 Å². The van der Waals surface area contributed by atoms with Crippen molar-refractivity contribution in [2.45, 2.75) is 46.6 Å². The lowest BCUT2D eigenvalue weighted by atomic mass is 9.97. The van der Waals surface area contributed by atoms with Crippen LogP contribution < -0.4 is 5.32 Å². The molecule has 0 aliphatic carbocycles. The number of amides is 1. The van der Waals surface area contributed by atoms with Gasteiger partial charge in [-0.1, -0.05) is 51.3 Å². The predicted molar refractivity (Wildman–Crippen MR) is 109 cm³/mol. The Morgan fingerprint density at radius 3 is 2.46 bits per heavy atom. The Bertz CT molecular complexity index is 978. The summed E-state index contributed by atoms with van der Waals surface area (Å²) in [5, 5.41) is 5.02. The number of aromatic amines is 2. The molecule has 0 atom stereocenters. The third-order valence-electron chi connectivity index (χ3n) is 4.77. The molecule has 0 unspecified atom stereocenters. The molecule has 0 radical (unpaired) electrons. The highest BCUT2D eigenvalue weighted by atomic mass is 16.1. The Morgan fingerprint density at radius 2 is 1.73 bits per heavy atom. The fourth-order valence-electron chi connectivity index (χ4n) is 3.48. The third-order valence-corrected chi connectivity index (χ3v) is 4.77. The minimum atomic E-state index is 0.00565. The Kier molecular flexibility index (Phi) is 5.61. The van der Waals surface area contributed by atoms with Gasteiger partial charge < -0.3 is 15.3 Å². The van der Waals surface area contributed by atoms with Crippen LogP contribution in [0.5, 0.6) is 0 Å². The van der Waals surface area contributed by atoms with Gasteiger partial charge in [0.1, 0.15) is 0 Å². The Hall–Kier alpha value is -2.75. The first-order valence-electron chi connectivity index (χ1n) is 9.40. The van der Waals surface area contributed by atoms with Crippen molar-refractivity contribution >= 4 is 27.7 Å². The van der Waals surface area contributed by atoms with E-state index in [1.165, 1.54) is 19.3 Å². The van der Waals surface area contributed by atoms with Crippen LogP contribution in [-0.4, -0.2) is 15.9 Å². The molecule has 26 heavy (non-hydrogen) atoms. The number of hydrogen-bond acceptors (Lipinski definition) is 1. The zero-order valence-electron chi connectivity index (χ0n) is 15.8. The summed E-state index contributed by atoms with van der Waals surface area (Å²) in [6.07, 6.45) is 7.89. The molecular weight excluding hydrogens is 322 g/mol. The normalized spacial score (nSPS) is 12.3. The van der Waals surface area contributed by atoms with Crippen molar-refractivity contribution in [3.05, 3.63) is 59.4 Å². The molecule has 136 valence electrons. The van der Waals surface area contributed by atoms with Crippen molar-refractivity contribution in [3.63, 3.8) is 0 Å². The number of H-pyrrole nitrogens is 2. The van der Waals surface area contributed by atoms with E-state index in [0.717, 1.165) is 38.5 Å². The number of carbonyl (C=O) groups is 1. The molecule has 4 heteroatoms. The Morgan fingerprint density at radius 1 is 0.962 bits per heavy atom. The van der Waals surface area contributed by atoms with E-state index in [9.17, 15) is 4.79 Å². The largest absolute Gasteiger partial charge is 0.359 e. The van der Waals surface area contributed by atoms with Crippen molar-refractivity contribution in [1.82, 2.24) is 15.3 Å². The molecule has 3 aromatic rings. The van der Waals surface area contributed by atoms with Crippen LogP contribution in [0.1, 0.15) is 54.6 Å². The standard InChI is InChI=1S/C17H15N3O.C5H12/c1-10-5-3-2-4-7-18-16-13(10)14-12(9-20-17(14)21)11-6-8-19-15(11)16;1-3-5-4-2/h2-8,18-19H,9H2,1H3,(H,20,21);3-5H2,1-2H3. The molecule has 4 nitrogen and oxygen atoms in total. The maximum absolute atomic E-state index is 12.3. The summed E-state index contributed by atoms with van der Waals surface area (Å²) in [5.41, 5.74) is 4.94. The zero-order valence-corrected chi connectivity index (χ0v) is 15.8. The maximum atomic E-state index is 12.3. The quantitative estimate of drug-likeness (QED) is 0.560. The lowest BCUT2D eigenvalue weighted by molar-refractivity contribution is 0.0967. The lowest BCUT2D eigenvalue weighted by Gasteiger charge is -2.07. The summed E-state index contributed by atoms with van der Waals surface area (Å²) >= 11 is 0. The average Bonchev–Trinajstić information content (AvgIpc) is 3.26. The molecule has 0 saturated heterocycles. The van der Waals surface area contributed by atoms with Gasteiger partial charge in [-0.2, -0.15) is 0 Å². The van der Waals surface area contributed by atoms with Gasteiger partial charge in [-0.25, -0.2) is 0 Å². The number of aryl methyl sites for hydroxylation is 1. The highest BCUT2D eigenvalue weighted by Crippen LogP contribution is 2.34. The van der Waals surface area contributed by atoms with Crippen LogP contribution in [0.4, 0.5) is 0 Å². The van der Waals surface area contributed by atoms with Crippen LogP contribution in [0.15, 0.2) is 42.7 Å². The molecule has 1 aliphatic rings. The summed E-state index contributed by atoms with van der Waals surface area (Å²) < 4.78 is 0. The van der Waals surface area contributed by atoms with Gasteiger partial charge in [-0.05, 0) is 30.2 Å². The van der Waals surface area contributed by atoms with E-state index in [2.05, 4.69) is 29.1 Å². The molecular formula is C22H27N3O. The first-order chi connectivity index (χ1) is 12.7. The molecule has 0 spiro atoms. The highest BCUT2D eigenvalue weighted by Gasteiger charge is 2.26. The van der Waals surface area contributed by atoms with E-state index in [1.54, 1.807) is 0 Å². The number of fused-ring (bicyclic) bond motifs is 6. The lowest BCUT2D eigenvalue weighted by Crippen LogP contribution is -2.12. The highest BCUT2D eigenvalue weighted by molar-refractivity contribution is 6.19. The van der Waals surface area contributed by atoms with Crippen molar-refractivity contribution in [2.24, 2.45) is 0 Å². The molecule has 1 aliphatic heterocycles. The second-order valence-corrected chi connectivity index (χ2v) is 6.64. The smallest absolute Gasteiger partial charge is 0.252 e. The topological polar surface area (TPSA) is 60.7 Å². The van der Waals surface area contributed by atoms with Gasteiger partial charge in [0.05, 0.1) is 16.6 Å². The molecule has 1 amide bonds. The first kappa shape index (κ1) is 18.1. The van der Waals surface area contributed by atoms with Crippen LogP contribution in [-0.2, 0) is 6.54 Å². The number of rotatable bonds is 2. The van der Waals surface area contributed by atoms with E-state index in [1.807, 2.05) is 49.6 Å². The van der Waals surface area contributed by atoms with E-state index in [-0.39, 0.29) is 5.91 Å². The van der Waals surface area contributed by atoms with Gasteiger partial charge in [-0.3, -0.25) is 4.79 Å². The minimum Gasteiger partial charge on any atom is -0.359 e. The van der Waals surface area contributed by atoms with E-state index < -0.39 is 0 Å². The number of unbranched alkanes of at least 4 members (excludes halogenated alkanes) is 2. The fraction of sp³-hybridized carbons (Fsp3) is 0.318. The maximum Gasteiger partial charge on any atom is 0.252 e. The number of benzene rings is 1. The van der Waals surface area contributed by atoms with Crippen LogP contribution in [0, 0.1) is 6.92 Å². The van der Waals surface area contributed by atoms with Crippen molar-refractivity contribution in [1.29, 1.82) is 0 Å². The number of aromatic nitrogens is 2. The third kappa shape index (κ3) is 3.32. The molecule has 2 aromatic heterocycles. The summed E-state index contributed by atoms with van der Waals surface area (Å²) in [6.45, 7) is 7.05. The SMILES string of the molecule is CCCCC.Cc1ccccc[nH]c2c1c1c(c3cc[nH]c32)CNC1=O. The van der Waals surface area contributed by atoms with Crippen LogP contribution >= 0.6 is 0 Å². The van der Waals surface area contributed by atoms with Gasteiger partial charge >= 0.3 is 0 Å². The molecule has 0 bridgehead atoms. The van der Waals surface area contributed by atoms with Gasteiger partial charge in [0.2, 0.25) is 0 Å². The summed E-state index contributed by atoms with van der Waals surface area (Å²) in [4.78, 5) is 18.9. The zero-order chi connectivity index (χ0) is 18.5. The number of hydrogen-bond donors (Lipinski definition) is 3. The average molecular weight is 349 g/mol. The van der Waals surface area contributed by atoms with Gasteiger partial charge in [-0.15, -0.1) is 0 Å². The molecule has 4 rings (SSSR count). The van der Waals surface area contributed by atoms with Crippen LogP contribution in [0.2, 0.25) is 0 Å². The molecule has 1 aromatic carbocycles. The minimum absolute atomic E-state index is 0.00565. The molecule has 0 saturated carbocycles. The van der Waals surface area contributed by atoms with Gasteiger partial charge in [0, 0.05) is 29.7 Å².